The fraction of sp³-hybridized carbons (Fsp3) is 0. The molecule has 0 amide bonds. The number of nitrogens with zero attached hydrogens (tertiary/aromatic N) is 2. The molecule has 0 atom stereocenters. The van der Waals surface area contributed by atoms with Crippen molar-refractivity contribution in [2.45, 2.75) is 0 Å². The number of para-hydroxylation sites is 1. The molecule has 2 N–H and O–H groups in total. The molecule has 2 aromatic heterocycles. The van der Waals surface area contributed by atoms with E-state index in [0.29, 0.717) is 0 Å². The van der Waals surface area contributed by atoms with Crippen molar-refractivity contribution < 1.29 is 0 Å². The first-order chi connectivity index (χ1) is 9.84. The van der Waals surface area contributed by atoms with E-state index in [1.807, 2.05) is 42.6 Å². The van der Waals surface area contributed by atoms with Gasteiger partial charge in [0.2, 0.25) is 0 Å². The second kappa shape index (κ2) is 4.10. The van der Waals surface area contributed by atoms with Gasteiger partial charge in [-0.3, -0.25) is 4.57 Å². The van der Waals surface area contributed by atoms with E-state index in [1.54, 1.807) is 0 Å². The summed E-state index contributed by atoms with van der Waals surface area (Å²) in [5.41, 5.74) is 9.89. The lowest BCUT2D eigenvalue weighted by atomic mass is 10.2. The van der Waals surface area contributed by atoms with Gasteiger partial charge in [0.05, 0.1) is 5.52 Å². The zero-order valence-electron chi connectivity index (χ0n) is 10.8. The van der Waals surface area contributed by atoms with Crippen LogP contribution in [-0.2, 0) is 0 Å². The van der Waals surface area contributed by atoms with Gasteiger partial charge in [0.15, 0.2) is 0 Å². The molecule has 3 heteroatoms. The van der Waals surface area contributed by atoms with Crippen molar-refractivity contribution in [2.24, 2.45) is 0 Å². The zero-order valence-corrected chi connectivity index (χ0v) is 10.8. The number of nitrogen functional groups attached to an aromatic ring is 1. The fourth-order valence-electron chi connectivity index (χ4n) is 2.70. The van der Waals surface area contributed by atoms with E-state index in [4.69, 9.17) is 5.73 Å². The van der Waals surface area contributed by atoms with Gasteiger partial charge in [-0.25, -0.2) is 4.98 Å². The lowest BCUT2D eigenvalue weighted by molar-refractivity contribution is 1.14. The van der Waals surface area contributed by atoms with Crippen LogP contribution in [0, 0.1) is 0 Å². The van der Waals surface area contributed by atoms with Crippen LogP contribution in [0.5, 0.6) is 0 Å². The van der Waals surface area contributed by atoms with E-state index in [2.05, 4.69) is 33.8 Å². The van der Waals surface area contributed by atoms with Crippen LogP contribution in [0.25, 0.3) is 27.6 Å². The van der Waals surface area contributed by atoms with E-state index >= 15 is 0 Å². The quantitative estimate of drug-likeness (QED) is 0.529. The largest absolute Gasteiger partial charge is 0.399 e. The molecule has 0 unspecified atom stereocenters. The van der Waals surface area contributed by atoms with E-state index < -0.39 is 0 Å². The first-order valence-corrected chi connectivity index (χ1v) is 6.55. The lowest BCUT2D eigenvalue weighted by Gasteiger charge is -2.06. The number of nitrogens with two attached hydrogens (primary N) is 1. The SMILES string of the molecule is Nc1ccc2c(c1)c1cccnc1n2-c1ccccc1. The second-order valence-corrected chi connectivity index (χ2v) is 4.82. The Labute approximate surface area is 116 Å². The maximum atomic E-state index is 5.93. The number of anilines is 1. The average Bonchev–Trinajstić information content (AvgIpc) is 2.82. The van der Waals surface area contributed by atoms with Gasteiger partial charge in [0.1, 0.15) is 5.65 Å². The lowest BCUT2D eigenvalue weighted by Crippen LogP contribution is -1.94. The molecule has 96 valence electrons. The molecule has 0 spiro atoms. The summed E-state index contributed by atoms with van der Waals surface area (Å²) in [6, 6.07) is 20.3. The smallest absolute Gasteiger partial charge is 0.145 e. The predicted molar refractivity (Wildman–Crippen MR) is 83.0 cm³/mol. The Morgan fingerprint density at radius 2 is 1.70 bits per heavy atom. The summed E-state index contributed by atoms with van der Waals surface area (Å²) in [7, 11) is 0. The molecule has 0 saturated carbocycles. The van der Waals surface area contributed by atoms with Crippen molar-refractivity contribution in [2.75, 3.05) is 5.73 Å². The van der Waals surface area contributed by atoms with Gasteiger partial charge < -0.3 is 5.73 Å². The number of hydrogen-bond donors (Lipinski definition) is 1. The van der Waals surface area contributed by atoms with Crippen LogP contribution in [0.15, 0.2) is 66.9 Å². The summed E-state index contributed by atoms with van der Waals surface area (Å²) >= 11 is 0. The highest BCUT2D eigenvalue weighted by Crippen LogP contribution is 2.31. The number of benzene rings is 2. The van der Waals surface area contributed by atoms with E-state index in [1.165, 1.54) is 0 Å². The standard InChI is InChI=1S/C17H13N3/c18-12-8-9-16-15(11-12)14-7-4-10-19-17(14)20(16)13-5-2-1-3-6-13/h1-11H,18H2. The summed E-state index contributed by atoms with van der Waals surface area (Å²) < 4.78 is 2.17. The molecule has 2 heterocycles. The molecular weight excluding hydrogens is 246 g/mol. The van der Waals surface area contributed by atoms with Crippen LogP contribution in [0.4, 0.5) is 5.69 Å². The molecule has 0 aliphatic carbocycles. The molecule has 0 fully saturated rings. The Morgan fingerprint density at radius 3 is 2.55 bits per heavy atom. The molecule has 2 aromatic carbocycles. The highest BCUT2D eigenvalue weighted by molar-refractivity contribution is 6.08. The topological polar surface area (TPSA) is 43.8 Å². The summed E-state index contributed by atoms with van der Waals surface area (Å²) in [5.74, 6) is 0. The van der Waals surface area contributed by atoms with Crippen molar-refractivity contribution in [3.8, 4) is 5.69 Å². The van der Waals surface area contributed by atoms with Crippen LogP contribution >= 0.6 is 0 Å². The van der Waals surface area contributed by atoms with Crippen LogP contribution in [0.3, 0.4) is 0 Å². The van der Waals surface area contributed by atoms with Crippen molar-refractivity contribution in [3.63, 3.8) is 0 Å². The molecule has 0 radical (unpaired) electrons. The molecule has 3 nitrogen and oxygen atoms in total. The van der Waals surface area contributed by atoms with Crippen molar-refractivity contribution in [3.05, 3.63) is 66.9 Å². The number of aromatic nitrogens is 2. The Hall–Kier alpha value is -2.81. The Morgan fingerprint density at radius 1 is 0.850 bits per heavy atom. The second-order valence-electron chi connectivity index (χ2n) is 4.82. The van der Waals surface area contributed by atoms with Crippen LogP contribution in [0.2, 0.25) is 0 Å². The molecule has 4 rings (SSSR count). The molecule has 4 aromatic rings. The minimum atomic E-state index is 0.772. The number of pyridine rings is 1. The molecule has 0 aliphatic heterocycles. The summed E-state index contributed by atoms with van der Waals surface area (Å²) in [4.78, 5) is 4.55. The van der Waals surface area contributed by atoms with Crippen LogP contribution in [0.1, 0.15) is 0 Å². The monoisotopic (exact) mass is 259 g/mol. The molecule has 0 saturated heterocycles. The highest BCUT2D eigenvalue weighted by Gasteiger charge is 2.12. The van der Waals surface area contributed by atoms with E-state index in [-0.39, 0.29) is 0 Å². The first kappa shape index (κ1) is 11.1. The summed E-state index contributed by atoms with van der Waals surface area (Å²) in [5, 5.41) is 2.26. The van der Waals surface area contributed by atoms with Gasteiger partial charge >= 0.3 is 0 Å². The number of fused-ring (bicyclic) bond motifs is 3. The van der Waals surface area contributed by atoms with Gasteiger partial charge in [-0.05, 0) is 42.5 Å². The Kier molecular flexibility index (Phi) is 2.27. The van der Waals surface area contributed by atoms with Crippen LogP contribution in [-0.4, -0.2) is 9.55 Å². The number of hydrogen-bond acceptors (Lipinski definition) is 2. The third kappa shape index (κ3) is 1.50. The van der Waals surface area contributed by atoms with Gasteiger partial charge in [-0.15, -0.1) is 0 Å². The minimum absolute atomic E-state index is 0.772. The summed E-state index contributed by atoms with van der Waals surface area (Å²) in [6.07, 6.45) is 1.82. The van der Waals surface area contributed by atoms with Gasteiger partial charge in [-0.1, -0.05) is 18.2 Å². The van der Waals surface area contributed by atoms with Crippen LogP contribution < -0.4 is 5.73 Å². The zero-order chi connectivity index (χ0) is 13.5. The molecule has 0 bridgehead atoms. The van der Waals surface area contributed by atoms with Gasteiger partial charge in [0.25, 0.3) is 0 Å². The van der Waals surface area contributed by atoms with Gasteiger partial charge in [0, 0.05) is 28.3 Å². The maximum Gasteiger partial charge on any atom is 0.145 e. The molecule has 20 heavy (non-hydrogen) atoms. The van der Waals surface area contributed by atoms with Crippen molar-refractivity contribution in [1.82, 2.24) is 9.55 Å². The first-order valence-electron chi connectivity index (χ1n) is 6.55. The van der Waals surface area contributed by atoms with E-state index in [0.717, 1.165) is 33.3 Å². The van der Waals surface area contributed by atoms with Crippen molar-refractivity contribution in [1.29, 1.82) is 0 Å². The third-order valence-corrected chi connectivity index (χ3v) is 3.56. The van der Waals surface area contributed by atoms with Gasteiger partial charge in [-0.2, -0.15) is 0 Å². The van der Waals surface area contributed by atoms with E-state index in [9.17, 15) is 0 Å². The van der Waals surface area contributed by atoms with Crippen molar-refractivity contribution >= 4 is 27.6 Å². The normalized spacial score (nSPS) is 11.2. The number of rotatable bonds is 1. The predicted octanol–water partition coefficient (Wildman–Crippen LogP) is 3.76. The molecule has 0 aliphatic rings. The Balaban J connectivity index is 2.22. The summed E-state index contributed by atoms with van der Waals surface area (Å²) in [6.45, 7) is 0. The Bertz CT molecular complexity index is 907. The molecular formula is C17H13N3. The highest BCUT2D eigenvalue weighted by atomic mass is 15.0. The maximum absolute atomic E-state index is 5.93. The third-order valence-electron chi connectivity index (χ3n) is 3.56. The fourth-order valence-corrected chi connectivity index (χ4v) is 2.70. The average molecular weight is 259 g/mol. The minimum Gasteiger partial charge on any atom is -0.399 e.